The van der Waals surface area contributed by atoms with Crippen molar-refractivity contribution < 1.29 is 93.4 Å². The summed E-state index contributed by atoms with van der Waals surface area (Å²) >= 11 is 0. The van der Waals surface area contributed by atoms with Crippen LogP contribution < -0.4 is 4.18 Å². The first-order chi connectivity index (χ1) is 36.5. The lowest BCUT2D eigenvalue weighted by Crippen LogP contribution is -2.60. The minimum Gasteiger partial charge on any atom is -0.743 e. The van der Waals surface area contributed by atoms with Crippen molar-refractivity contribution in [1.82, 2.24) is 0 Å². The molecule has 0 heterocycles. The Morgan fingerprint density at radius 2 is 1.23 bits per heavy atom. The minimum atomic E-state index is -6.62. The Morgan fingerprint density at radius 3 is 1.73 bits per heavy atom. The SMILES string of the molecule is CC(F)(F)C(F)(F)C(F)(F)S(=O)(=O)Oc1c(C2CCCCC2)cc(C2CCCCC2)cc1C1CCCCC1.C[C@H](CCC(=O)OCCC(F)(F)C(F)(F)S(=O)(=O)[O-])[C@H]1CC[C@H]2[C@@H]3C(=O)CC4CC(=O)CC[C@]4(C)[C@H]3CC(=O)[C@]12C. The van der Waals surface area contributed by atoms with Gasteiger partial charge < -0.3 is 13.5 Å². The van der Waals surface area contributed by atoms with E-state index >= 15 is 0 Å². The summed E-state index contributed by atoms with van der Waals surface area (Å²) in [5.41, 5.74) is 0.882. The molecule has 11 nitrogen and oxygen atoms in total. The van der Waals surface area contributed by atoms with Crippen LogP contribution in [0.15, 0.2) is 12.1 Å². The van der Waals surface area contributed by atoms with Gasteiger partial charge in [-0.1, -0.05) is 90.7 Å². The van der Waals surface area contributed by atoms with Crippen LogP contribution in [0.3, 0.4) is 0 Å². The predicted octanol–water partition coefficient (Wildman–Crippen LogP) is 14.1. The van der Waals surface area contributed by atoms with Crippen molar-refractivity contribution in [2.24, 2.45) is 46.3 Å². The van der Waals surface area contributed by atoms with Gasteiger partial charge >= 0.3 is 44.4 Å². The van der Waals surface area contributed by atoms with E-state index in [9.17, 15) is 84.5 Å². The molecule has 79 heavy (non-hydrogen) atoms. The highest BCUT2D eigenvalue weighted by atomic mass is 32.2. The maximum atomic E-state index is 14.7. The van der Waals surface area contributed by atoms with Crippen LogP contribution in [0, 0.1) is 46.3 Å². The maximum absolute atomic E-state index is 14.7. The Hall–Kier alpha value is -3.34. The maximum Gasteiger partial charge on any atom is 0.449 e. The fraction of sp³-hybridized carbons (Fsp3) is 0.821. The number of ketones is 3. The largest absolute Gasteiger partial charge is 0.743 e. The molecule has 0 aromatic heterocycles. The van der Waals surface area contributed by atoms with Gasteiger partial charge in [0, 0.05) is 50.4 Å². The minimum absolute atomic E-state index is 0.0346. The topological polar surface area (TPSA) is 178 Å². The van der Waals surface area contributed by atoms with Crippen molar-refractivity contribution in [2.75, 3.05) is 6.61 Å². The van der Waals surface area contributed by atoms with E-state index in [1.807, 2.05) is 26.0 Å². The van der Waals surface area contributed by atoms with Gasteiger partial charge in [-0.15, -0.1) is 0 Å². The molecule has 0 bridgehead atoms. The van der Waals surface area contributed by atoms with Crippen LogP contribution in [0.25, 0.3) is 0 Å². The van der Waals surface area contributed by atoms with Gasteiger partial charge in [-0.2, -0.15) is 52.3 Å². The summed E-state index contributed by atoms with van der Waals surface area (Å²) in [5.74, 6) is -18.5. The van der Waals surface area contributed by atoms with Crippen molar-refractivity contribution in [2.45, 2.75) is 234 Å². The van der Waals surface area contributed by atoms with Gasteiger partial charge in [0.2, 0.25) is 0 Å². The first-order valence-corrected chi connectivity index (χ1v) is 31.0. The summed E-state index contributed by atoms with van der Waals surface area (Å²) in [6, 6.07) is 3.65. The fourth-order valence-electron chi connectivity index (χ4n) is 15.1. The zero-order chi connectivity index (χ0) is 58.5. The van der Waals surface area contributed by atoms with Crippen LogP contribution in [0.2, 0.25) is 0 Å². The molecule has 7 aliphatic rings. The lowest BCUT2D eigenvalue weighted by atomic mass is 9.44. The van der Waals surface area contributed by atoms with Crippen molar-refractivity contribution in [3.8, 4) is 5.75 Å². The third-order valence-corrected chi connectivity index (χ3v) is 22.1. The average molecular weight is 1180 g/mol. The number of benzene rings is 1. The van der Waals surface area contributed by atoms with Crippen LogP contribution in [-0.2, 0) is 44.2 Å². The number of hydrogen-bond donors (Lipinski definition) is 0. The summed E-state index contributed by atoms with van der Waals surface area (Å²) in [6.45, 7) is 4.27. The number of ether oxygens (including phenoxy) is 1. The summed E-state index contributed by atoms with van der Waals surface area (Å²) in [4.78, 5) is 51.6. The van der Waals surface area contributed by atoms with Gasteiger partial charge in [-0.25, -0.2) is 8.42 Å². The first kappa shape index (κ1) is 63.2. The second kappa shape index (κ2) is 23.4. The van der Waals surface area contributed by atoms with Crippen molar-refractivity contribution in [1.29, 1.82) is 0 Å². The second-order valence-electron chi connectivity index (χ2n) is 24.7. The third-order valence-electron chi connectivity index (χ3n) is 19.9. The Balaban J connectivity index is 0.000000229. The molecule has 7 aliphatic carbocycles. The van der Waals surface area contributed by atoms with Gasteiger partial charge in [0.1, 0.15) is 23.1 Å². The molecule has 1 unspecified atom stereocenters. The van der Waals surface area contributed by atoms with E-state index in [1.54, 1.807) is 0 Å². The van der Waals surface area contributed by atoms with E-state index in [1.165, 1.54) is 0 Å². The second-order valence-corrected chi connectivity index (χ2v) is 27.7. The molecule has 8 rings (SSSR count). The Bertz CT molecular complexity index is 2600. The Kier molecular flexibility index (Phi) is 18.7. The first-order valence-electron chi connectivity index (χ1n) is 28.2. The summed E-state index contributed by atoms with van der Waals surface area (Å²) in [7, 11) is -13.1. The molecule has 7 saturated carbocycles. The van der Waals surface area contributed by atoms with Gasteiger partial charge in [-0.05, 0) is 134 Å². The zero-order valence-electron chi connectivity index (χ0n) is 45.3. The normalized spacial score (nSPS) is 29.7. The molecular formula is C56H75F10O11S2-. The van der Waals surface area contributed by atoms with Gasteiger partial charge in [0.25, 0.3) is 0 Å². The van der Waals surface area contributed by atoms with Crippen molar-refractivity contribution in [3.05, 3.63) is 28.8 Å². The molecule has 448 valence electrons. The van der Waals surface area contributed by atoms with Gasteiger partial charge in [-0.3, -0.25) is 19.2 Å². The van der Waals surface area contributed by atoms with Crippen LogP contribution >= 0.6 is 0 Å². The molecule has 1 aromatic rings. The number of hydrogen-bond acceptors (Lipinski definition) is 11. The highest BCUT2D eigenvalue weighted by Gasteiger charge is 2.77. The molecule has 0 radical (unpaired) electrons. The molecule has 8 atom stereocenters. The van der Waals surface area contributed by atoms with Crippen LogP contribution in [0.1, 0.15) is 223 Å². The number of carbonyl (C=O) groups excluding carboxylic acids is 4. The molecule has 0 amide bonds. The third kappa shape index (κ3) is 12.2. The van der Waals surface area contributed by atoms with Gasteiger partial charge in [0.05, 0.1) is 13.0 Å². The standard InChI is InChI=1S/C28H38F6O3S.C28H38F4O8S/c1-26(29,30)27(31,32)28(33,34)38(35,36)37-25-23(20-13-7-3-8-14-20)17-22(19-11-5-2-6-12-19)18-24(25)21-15-9-4-10-16-21;1-15(4-7-23(36)40-11-10-27(29,30)28(31,32)41(37,38)39)18-5-6-19-24-20(14-22(35)26(18,19)3)25(2)9-8-17(33)12-16(25)13-21(24)34/h17-21H,2-16H2,1H3;15-16,18-20,24H,4-14H2,1-3H3,(H,37,38,39)/p-1/t;15-,16?,18-,19+,20+,24+,25+,26-/m.1/s1. The molecule has 0 spiro atoms. The predicted molar refractivity (Wildman–Crippen MR) is 269 cm³/mol. The highest BCUT2D eigenvalue weighted by molar-refractivity contribution is 7.88. The monoisotopic (exact) mass is 1180 g/mol. The smallest absolute Gasteiger partial charge is 0.449 e. The zero-order valence-corrected chi connectivity index (χ0v) is 47.0. The van der Waals surface area contributed by atoms with Crippen molar-refractivity contribution >= 4 is 43.6 Å². The molecule has 0 N–H and O–H groups in total. The fourth-order valence-corrected chi connectivity index (χ4v) is 16.6. The number of fused-ring (bicyclic) bond motifs is 5. The Labute approximate surface area is 457 Å². The van der Waals surface area contributed by atoms with Crippen LogP contribution in [0.5, 0.6) is 5.75 Å². The molecule has 7 fully saturated rings. The van der Waals surface area contributed by atoms with Gasteiger partial charge in [0.15, 0.2) is 10.1 Å². The lowest BCUT2D eigenvalue weighted by molar-refractivity contribution is -0.272. The number of halogens is 10. The number of Topliss-reactive ketones (excluding diaryl/α,β-unsaturated/α-hetero) is 3. The number of esters is 1. The number of carbonyl (C=O) groups is 4. The quantitative estimate of drug-likeness (QED) is 0.0627. The summed E-state index contributed by atoms with van der Waals surface area (Å²) in [5, 5.41) is -12.0. The van der Waals surface area contributed by atoms with E-state index in [0.29, 0.717) is 75.3 Å². The molecule has 0 aliphatic heterocycles. The molecule has 0 saturated heterocycles. The van der Waals surface area contributed by atoms with E-state index in [4.69, 9.17) is 4.18 Å². The molecule has 23 heteroatoms. The highest BCUT2D eigenvalue weighted by Crippen LogP contribution is 2.66. The number of rotatable bonds is 17. The summed E-state index contributed by atoms with van der Waals surface area (Å²) < 4.78 is 205. The van der Waals surface area contributed by atoms with E-state index in [0.717, 1.165) is 76.2 Å². The van der Waals surface area contributed by atoms with E-state index in [2.05, 4.69) is 11.7 Å². The summed E-state index contributed by atoms with van der Waals surface area (Å²) in [6.07, 6.45) is 15.0. The average Bonchev–Trinajstić information content (AvgIpc) is 4.05. The Morgan fingerprint density at radius 1 is 0.709 bits per heavy atom. The molecular weight excluding hydrogens is 1100 g/mol. The van der Waals surface area contributed by atoms with Crippen LogP contribution in [-0.4, -0.2) is 79.6 Å². The van der Waals surface area contributed by atoms with Crippen LogP contribution in [0.4, 0.5) is 43.9 Å². The van der Waals surface area contributed by atoms with E-state index in [-0.39, 0.29) is 101 Å². The van der Waals surface area contributed by atoms with E-state index < -0.39 is 79.8 Å². The molecule has 1 aromatic carbocycles. The number of alkyl halides is 10. The van der Waals surface area contributed by atoms with Crippen molar-refractivity contribution in [3.63, 3.8) is 0 Å². The lowest BCUT2D eigenvalue weighted by Gasteiger charge is -2.58.